The lowest BCUT2D eigenvalue weighted by molar-refractivity contribution is 0.134. The summed E-state index contributed by atoms with van der Waals surface area (Å²) in [6, 6.07) is 0. The molecule has 1 heterocycles. The lowest BCUT2D eigenvalue weighted by atomic mass is 9.79. The Morgan fingerprint density at radius 1 is 1.05 bits per heavy atom. The molecular weight excluding hydrogens is 264 g/mol. The van der Waals surface area contributed by atoms with Crippen LogP contribution in [0.15, 0.2) is 0 Å². The molecule has 0 unspecified atom stereocenters. The van der Waals surface area contributed by atoms with Gasteiger partial charge in [0.1, 0.15) is 0 Å². The molecule has 2 rings (SSSR count). The van der Waals surface area contributed by atoms with Gasteiger partial charge in [0.15, 0.2) is 0 Å². The second-order valence-electron chi connectivity index (χ2n) is 7.33. The molecule has 3 heteroatoms. The van der Waals surface area contributed by atoms with E-state index in [1.165, 1.54) is 82.8 Å². The van der Waals surface area contributed by atoms with Gasteiger partial charge in [-0.05, 0) is 30.7 Å². The Kier molecular flexibility index (Phi) is 7.20. The van der Waals surface area contributed by atoms with E-state index in [0.29, 0.717) is 5.41 Å². The summed E-state index contributed by atoms with van der Waals surface area (Å²) in [5.74, 6) is 3.45. The van der Waals surface area contributed by atoms with Crippen LogP contribution in [0, 0.1) is 11.3 Å². The lowest BCUT2D eigenvalue weighted by Crippen LogP contribution is -2.47. The van der Waals surface area contributed by atoms with Crippen molar-refractivity contribution in [3.8, 4) is 0 Å². The van der Waals surface area contributed by atoms with Gasteiger partial charge in [0.05, 0.1) is 0 Å². The molecule has 0 aromatic carbocycles. The van der Waals surface area contributed by atoms with Crippen molar-refractivity contribution in [2.45, 2.75) is 52.4 Å². The molecule has 1 saturated carbocycles. The third-order valence-electron chi connectivity index (χ3n) is 4.88. The third-order valence-corrected chi connectivity index (χ3v) is 5.82. The highest BCUT2D eigenvalue weighted by atomic mass is 32.2. The van der Waals surface area contributed by atoms with E-state index in [9.17, 15) is 0 Å². The molecule has 2 aliphatic rings. The topological polar surface area (TPSA) is 15.3 Å². The Morgan fingerprint density at radius 3 is 2.30 bits per heavy atom. The first kappa shape index (κ1) is 16.6. The zero-order valence-corrected chi connectivity index (χ0v) is 14.4. The maximum atomic E-state index is 3.78. The Bertz CT molecular complexity index is 254. The minimum atomic E-state index is 0.563. The molecule has 0 aromatic rings. The van der Waals surface area contributed by atoms with Crippen LogP contribution in [0.3, 0.4) is 0 Å². The molecule has 118 valence electrons. The standard InChI is InChI=1S/C17H34N2S/c1-16(2)13-18-14-17(7-5-3-4-6-8-17)15-19-9-11-20-12-10-19/h16,18H,3-15H2,1-2H3. The summed E-state index contributed by atoms with van der Waals surface area (Å²) in [7, 11) is 0. The molecule has 0 spiro atoms. The highest BCUT2D eigenvalue weighted by Gasteiger charge is 2.33. The number of hydrogen-bond donors (Lipinski definition) is 1. The monoisotopic (exact) mass is 298 g/mol. The van der Waals surface area contributed by atoms with Gasteiger partial charge in [0.2, 0.25) is 0 Å². The number of rotatable bonds is 6. The van der Waals surface area contributed by atoms with Gasteiger partial charge < -0.3 is 10.2 Å². The van der Waals surface area contributed by atoms with Gasteiger partial charge >= 0.3 is 0 Å². The molecule has 0 atom stereocenters. The number of nitrogens with one attached hydrogen (secondary N) is 1. The average Bonchev–Trinajstić information content (AvgIpc) is 2.65. The fourth-order valence-electron chi connectivity index (χ4n) is 3.73. The minimum absolute atomic E-state index is 0.563. The lowest BCUT2D eigenvalue weighted by Gasteiger charge is -2.40. The second-order valence-corrected chi connectivity index (χ2v) is 8.55. The number of nitrogens with zero attached hydrogens (tertiary/aromatic N) is 1. The SMILES string of the molecule is CC(C)CNCC1(CN2CCSCC2)CCCCCC1. The quantitative estimate of drug-likeness (QED) is 0.754. The van der Waals surface area contributed by atoms with E-state index in [-0.39, 0.29) is 0 Å². The van der Waals surface area contributed by atoms with Gasteiger partial charge in [0.25, 0.3) is 0 Å². The van der Waals surface area contributed by atoms with Crippen molar-refractivity contribution in [3.05, 3.63) is 0 Å². The summed E-state index contributed by atoms with van der Waals surface area (Å²) < 4.78 is 0. The fourth-order valence-corrected chi connectivity index (χ4v) is 4.71. The zero-order chi connectivity index (χ0) is 14.3. The smallest absolute Gasteiger partial charge is 0.00729 e. The van der Waals surface area contributed by atoms with Crippen molar-refractivity contribution >= 4 is 11.8 Å². The summed E-state index contributed by atoms with van der Waals surface area (Å²) >= 11 is 2.13. The van der Waals surface area contributed by atoms with E-state index < -0.39 is 0 Å². The first-order valence-electron chi connectivity index (χ1n) is 8.71. The molecule has 0 radical (unpaired) electrons. The van der Waals surface area contributed by atoms with Gasteiger partial charge in [-0.2, -0.15) is 11.8 Å². The van der Waals surface area contributed by atoms with Crippen molar-refractivity contribution in [3.63, 3.8) is 0 Å². The summed E-state index contributed by atoms with van der Waals surface area (Å²) in [6.07, 6.45) is 8.71. The summed E-state index contributed by atoms with van der Waals surface area (Å²) in [5, 5.41) is 3.78. The molecule has 2 nitrogen and oxygen atoms in total. The Labute approximate surface area is 130 Å². The maximum Gasteiger partial charge on any atom is 0.00729 e. The largest absolute Gasteiger partial charge is 0.316 e. The van der Waals surface area contributed by atoms with Crippen molar-refractivity contribution in [1.29, 1.82) is 0 Å². The van der Waals surface area contributed by atoms with Crippen LogP contribution in [0.4, 0.5) is 0 Å². The predicted octanol–water partition coefficient (Wildman–Crippen LogP) is 3.62. The van der Waals surface area contributed by atoms with Crippen LogP contribution < -0.4 is 5.32 Å². The Balaban J connectivity index is 1.90. The number of hydrogen-bond acceptors (Lipinski definition) is 3. The first-order chi connectivity index (χ1) is 9.70. The Hall–Kier alpha value is 0.270. The van der Waals surface area contributed by atoms with Gasteiger partial charge in [0, 0.05) is 37.7 Å². The molecule has 0 amide bonds. The molecule has 1 N–H and O–H groups in total. The summed E-state index contributed by atoms with van der Waals surface area (Å²) in [6.45, 7) is 11.0. The van der Waals surface area contributed by atoms with E-state index in [0.717, 1.165) is 5.92 Å². The van der Waals surface area contributed by atoms with Gasteiger partial charge in [-0.1, -0.05) is 39.5 Å². The van der Waals surface area contributed by atoms with E-state index in [2.05, 4.69) is 35.8 Å². The molecule has 1 aliphatic heterocycles. The van der Waals surface area contributed by atoms with E-state index >= 15 is 0 Å². The van der Waals surface area contributed by atoms with Crippen LogP contribution in [0.2, 0.25) is 0 Å². The van der Waals surface area contributed by atoms with Crippen LogP contribution in [0.1, 0.15) is 52.4 Å². The molecule has 1 aliphatic carbocycles. The molecule has 1 saturated heterocycles. The number of thioether (sulfide) groups is 1. The van der Waals surface area contributed by atoms with Crippen LogP contribution >= 0.6 is 11.8 Å². The second kappa shape index (κ2) is 8.65. The molecule has 0 aromatic heterocycles. The van der Waals surface area contributed by atoms with Crippen LogP contribution in [0.25, 0.3) is 0 Å². The molecule has 2 fully saturated rings. The van der Waals surface area contributed by atoms with E-state index in [1.54, 1.807) is 0 Å². The van der Waals surface area contributed by atoms with Gasteiger partial charge in [-0.3, -0.25) is 0 Å². The van der Waals surface area contributed by atoms with Crippen LogP contribution in [0.5, 0.6) is 0 Å². The van der Waals surface area contributed by atoms with Gasteiger partial charge in [-0.15, -0.1) is 0 Å². The van der Waals surface area contributed by atoms with Gasteiger partial charge in [-0.25, -0.2) is 0 Å². The van der Waals surface area contributed by atoms with Crippen molar-refractivity contribution < 1.29 is 0 Å². The summed E-state index contributed by atoms with van der Waals surface area (Å²) in [4.78, 5) is 2.75. The van der Waals surface area contributed by atoms with E-state index in [1.807, 2.05) is 0 Å². The molecular formula is C17H34N2S. The minimum Gasteiger partial charge on any atom is -0.316 e. The molecule has 20 heavy (non-hydrogen) atoms. The first-order valence-corrected chi connectivity index (χ1v) is 9.87. The zero-order valence-electron chi connectivity index (χ0n) is 13.6. The summed E-state index contributed by atoms with van der Waals surface area (Å²) in [5.41, 5.74) is 0.563. The van der Waals surface area contributed by atoms with Crippen molar-refractivity contribution in [2.75, 3.05) is 44.2 Å². The van der Waals surface area contributed by atoms with Crippen LogP contribution in [-0.4, -0.2) is 49.1 Å². The Morgan fingerprint density at radius 2 is 1.70 bits per heavy atom. The van der Waals surface area contributed by atoms with E-state index in [4.69, 9.17) is 0 Å². The maximum absolute atomic E-state index is 3.78. The molecule has 0 bridgehead atoms. The highest BCUT2D eigenvalue weighted by molar-refractivity contribution is 7.99. The normalized spacial score (nSPS) is 24.8. The van der Waals surface area contributed by atoms with Crippen molar-refractivity contribution in [2.24, 2.45) is 11.3 Å². The van der Waals surface area contributed by atoms with Crippen molar-refractivity contribution in [1.82, 2.24) is 10.2 Å². The van der Waals surface area contributed by atoms with Crippen LogP contribution in [-0.2, 0) is 0 Å². The highest BCUT2D eigenvalue weighted by Crippen LogP contribution is 2.36. The third kappa shape index (κ3) is 5.57. The predicted molar refractivity (Wildman–Crippen MR) is 91.6 cm³/mol. The average molecular weight is 299 g/mol. The fraction of sp³-hybridized carbons (Fsp3) is 1.00.